The number of nitrogens with one attached hydrogen (secondary N) is 1. The highest BCUT2D eigenvalue weighted by molar-refractivity contribution is 6.07. The minimum atomic E-state index is 0.0275. The molecule has 2 heterocycles. The molecule has 2 aromatic heterocycles. The predicted molar refractivity (Wildman–Crippen MR) is 57.8 cm³/mol. The zero-order valence-electron chi connectivity index (χ0n) is 8.24. The van der Waals surface area contributed by atoms with Crippen LogP contribution in [-0.2, 0) is 0 Å². The molecular weight excluding hydrogens is 188 g/mol. The number of pyridine rings is 1. The van der Waals surface area contributed by atoms with Gasteiger partial charge in [0.2, 0.25) is 0 Å². The van der Waals surface area contributed by atoms with E-state index in [1.54, 1.807) is 18.3 Å². The fourth-order valence-electron chi connectivity index (χ4n) is 1.94. The summed E-state index contributed by atoms with van der Waals surface area (Å²) >= 11 is 0. The zero-order chi connectivity index (χ0) is 10.4. The summed E-state index contributed by atoms with van der Waals surface area (Å²) in [6, 6.07) is 7.03. The molecular formula is C12H9N2O-. The standard InChI is InChI=1S/C12H10N2O/c1-7-12-10(4-5-13-7)9-3-2-8(15)6-11(9)14-12/h2-6,14-15H,1H3/p-1. The summed E-state index contributed by atoms with van der Waals surface area (Å²) < 4.78 is 0. The number of aromatic amines is 1. The Labute approximate surface area is 86.4 Å². The quantitative estimate of drug-likeness (QED) is 0.600. The van der Waals surface area contributed by atoms with Crippen LogP contribution in [0.1, 0.15) is 5.69 Å². The fourth-order valence-corrected chi connectivity index (χ4v) is 1.94. The molecule has 3 heteroatoms. The number of benzene rings is 1. The van der Waals surface area contributed by atoms with Crippen molar-refractivity contribution in [3.05, 3.63) is 36.2 Å². The highest BCUT2D eigenvalue weighted by Crippen LogP contribution is 2.27. The van der Waals surface area contributed by atoms with Gasteiger partial charge < -0.3 is 10.1 Å². The van der Waals surface area contributed by atoms with Gasteiger partial charge in [0, 0.05) is 22.5 Å². The Morgan fingerprint density at radius 3 is 2.93 bits per heavy atom. The van der Waals surface area contributed by atoms with E-state index in [4.69, 9.17) is 0 Å². The Bertz CT molecular complexity index is 655. The molecule has 0 aliphatic rings. The van der Waals surface area contributed by atoms with Crippen molar-refractivity contribution in [3.8, 4) is 5.75 Å². The highest BCUT2D eigenvalue weighted by atomic mass is 16.3. The van der Waals surface area contributed by atoms with E-state index in [-0.39, 0.29) is 5.75 Å². The van der Waals surface area contributed by atoms with Gasteiger partial charge in [-0.25, -0.2) is 0 Å². The number of nitrogens with zero attached hydrogens (tertiary/aromatic N) is 1. The van der Waals surface area contributed by atoms with Crippen LogP contribution in [0.2, 0.25) is 0 Å². The van der Waals surface area contributed by atoms with Gasteiger partial charge in [-0.3, -0.25) is 4.98 Å². The molecule has 0 bridgehead atoms. The fraction of sp³-hybridized carbons (Fsp3) is 0.0833. The Hall–Kier alpha value is -2.03. The van der Waals surface area contributed by atoms with Crippen LogP contribution < -0.4 is 5.11 Å². The monoisotopic (exact) mass is 197 g/mol. The van der Waals surface area contributed by atoms with Gasteiger partial charge in [0.1, 0.15) is 0 Å². The second-order valence-corrected chi connectivity index (χ2v) is 3.65. The maximum atomic E-state index is 11.2. The van der Waals surface area contributed by atoms with E-state index in [1.807, 2.05) is 19.1 Å². The first kappa shape index (κ1) is 8.29. The zero-order valence-corrected chi connectivity index (χ0v) is 8.24. The Morgan fingerprint density at radius 2 is 2.07 bits per heavy atom. The molecule has 0 spiro atoms. The van der Waals surface area contributed by atoms with Crippen molar-refractivity contribution in [1.82, 2.24) is 9.97 Å². The predicted octanol–water partition coefficient (Wildman–Crippen LogP) is 2.10. The van der Waals surface area contributed by atoms with Crippen molar-refractivity contribution in [2.45, 2.75) is 6.92 Å². The van der Waals surface area contributed by atoms with E-state index >= 15 is 0 Å². The lowest BCUT2D eigenvalue weighted by atomic mass is 10.1. The molecule has 0 aliphatic carbocycles. The van der Waals surface area contributed by atoms with Crippen molar-refractivity contribution in [1.29, 1.82) is 0 Å². The maximum Gasteiger partial charge on any atom is 0.0681 e. The molecule has 3 nitrogen and oxygen atoms in total. The largest absolute Gasteiger partial charge is 0.872 e. The van der Waals surface area contributed by atoms with E-state index in [0.29, 0.717) is 0 Å². The van der Waals surface area contributed by atoms with Gasteiger partial charge in [-0.15, -0.1) is 5.75 Å². The van der Waals surface area contributed by atoms with Crippen LogP contribution in [0.4, 0.5) is 0 Å². The van der Waals surface area contributed by atoms with Gasteiger partial charge >= 0.3 is 0 Å². The molecule has 0 saturated carbocycles. The van der Waals surface area contributed by atoms with Gasteiger partial charge in [-0.2, -0.15) is 0 Å². The third-order valence-electron chi connectivity index (χ3n) is 2.68. The summed E-state index contributed by atoms with van der Waals surface area (Å²) in [6.07, 6.45) is 1.79. The molecule has 0 aliphatic heterocycles. The van der Waals surface area contributed by atoms with Crippen LogP contribution in [0.15, 0.2) is 30.5 Å². The first-order valence-electron chi connectivity index (χ1n) is 4.80. The summed E-state index contributed by atoms with van der Waals surface area (Å²) in [5.74, 6) is 0.0275. The summed E-state index contributed by atoms with van der Waals surface area (Å²) in [6.45, 7) is 1.95. The van der Waals surface area contributed by atoms with E-state index in [1.165, 1.54) is 0 Å². The van der Waals surface area contributed by atoms with Crippen molar-refractivity contribution in [2.75, 3.05) is 0 Å². The third kappa shape index (κ3) is 1.09. The number of rotatable bonds is 0. The molecule has 0 unspecified atom stereocenters. The lowest BCUT2D eigenvalue weighted by Crippen LogP contribution is -1.87. The molecule has 1 N–H and O–H groups in total. The van der Waals surface area contributed by atoms with E-state index in [2.05, 4.69) is 9.97 Å². The number of hydrogen-bond acceptors (Lipinski definition) is 2. The van der Waals surface area contributed by atoms with Gasteiger partial charge in [0.05, 0.1) is 11.2 Å². The van der Waals surface area contributed by atoms with Gasteiger partial charge in [0.25, 0.3) is 0 Å². The van der Waals surface area contributed by atoms with Gasteiger partial charge in [-0.05, 0) is 19.1 Å². The highest BCUT2D eigenvalue weighted by Gasteiger charge is 2.05. The van der Waals surface area contributed by atoms with Crippen molar-refractivity contribution >= 4 is 21.8 Å². The molecule has 0 saturated heterocycles. The van der Waals surface area contributed by atoms with Crippen LogP contribution in [0.3, 0.4) is 0 Å². The smallest absolute Gasteiger partial charge is 0.0681 e. The average molecular weight is 197 g/mol. The molecule has 3 aromatic rings. The molecule has 0 amide bonds. The molecule has 0 atom stereocenters. The number of H-pyrrole nitrogens is 1. The lowest BCUT2D eigenvalue weighted by molar-refractivity contribution is -0.268. The summed E-state index contributed by atoms with van der Waals surface area (Å²) in [7, 11) is 0. The Morgan fingerprint density at radius 1 is 1.20 bits per heavy atom. The summed E-state index contributed by atoms with van der Waals surface area (Å²) in [5, 5.41) is 13.4. The Balaban J connectivity index is 2.57. The SMILES string of the molecule is Cc1nccc2c1[nH]c1cc([O-])ccc12. The second-order valence-electron chi connectivity index (χ2n) is 3.65. The number of fused-ring (bicyclic) bond motifs is 3. The molecule has 3 rings (SSSR count). The van der Waals surface area contributed by atoms with Gasteiger partial charge in [0.15, 0.2) is 0 Å². The van der Waals surface area contributed by atoms with Crippen molar-refractivity contribution in [3.63, 3.8) is 0 Å². The topological polar surface area (TPSA) is 51.7 Å². The Kier molecular flexibility index (Phi) is 1.51. The van der Waals surface area contributed by atoms with E-state index in [9.17, 15) is 5.11 Å². The first-order chi connectivity index (χ1) is 7.25. The number of aryl methyl sites for hydroxylation is 1. The molecule has 1 aromatic carbocycles. The van der Waals surface area contributed by atoms with E-state index < -0.39 is 0 Å². The molecule has 0 fully saturated rings. The van der Waals surface area contributed by atoms with Gasteiger partial charge in [-0.1, -0.05) is 12.1 Å². The summed E-state index contributed by atoms with van der Waals surface area (Å²) in [4.78, 5) is 7.44. The first-order valence-corrected chi connectivity index (χ1v) is 4.80. The van der Waals surface area contributed by atoms with Crippen LogP contribution in [0.25, 0.3) is 21.8 Å². The lowest BCUT2D eigenvalue weighted by Gasteiger charge is -2.02. The van der Waals surface area contributed by atoms with Crippen LogP contribution in [-0.4, -0.2) is 9.97 Å². The van der Waals surface area contributed by atoms with Crippen LogP contribution in [0.5, 0.6) is 5.75 Å². The van der Waals surface area contributed by atoms with E-state index in [0.717, 1.165) is 27.5 Å². The number of hydrogen-bond donors (Lipinski definition) is 1. The minimum absolute atomic E-state index is 0.0275. The van der Waals surface area contributed by atoms with Crippen molar-refractivity contribution in [2.24, 2.45) is 0 Å². The van der Waals surface area contributed by atoms with Crippen LogP contribution in [0, 0.1) is 6.92 Å². The average Bonchev–Trinajstić information content (AvgIpc) is 2.57. The van der Waals surface area contributed by atoms with Crippen LogP contribution >= 0.6 is 0 Å². The normalized spacial score (nSPS) is 11.3. The maximum absolute atomic E-state index is 11.2. The third-order valence-corrected chi connectivity index (χ3v) is 2.68. The molecule has 0 radical (unpaired) electrons. The summed E-state index contributed by atoms with van der Waals surface area (Å²) in [5.41, 5.74) is 2.85. The second kappa shape index (κ2) is 2.73. The molecule has 15 heavy (non-hydrogen) atoms. The number of aromatic nitrogens is 2. The molecule has 74 valence electrons. The van der Waals surface area contributed by atoms with Crippen molar-refractivity contribution < 1.29 is 5.11 Å². The minimum Gasteiger partial charge on any atom is -0.872 e.